The van der Waals surface area contributed by atoms with E-state index in [0.29, 0.717) is 11.6 Å². The minimum atomic E-state index is 0.390. The van der Waals surface area contributed by atoms with Crippen LogP contribution in [0, 0.1) is 5.92 Å². The van der Waals surface area contributed by atoms with Crippen LogP contribution in [0.2, 0.25) is 0 Å². The van der Waals surface area contributed by atoms with Crippen molar-refractivity contribution in [1.29, 1.82) is 0 Å². The molecule has 0 saturated heterocycles. The Morgan fingerprint density at radius 1 is 1.61 bits per heavy atom. The first kappa shape index (κ1) is 12.1. The molecule has 0 spiro atoms. The zero-order valence-corrected chi connectivity index (χ0v) is 12.4. The molecule has 2 aromatic heterocycles. The fourth-order valence-corrected chi connectivity index (χ4v) is 3.56. The molecule has 5 heteroatoms. The Hall–Kier alpha value is -0.940. The summed E-state index contributed by atoms with van der Waals surface area (Å²) in [5.74, 6) is 0.729. The van der Waals surface area contributed by atoms with Gasteiger partial charge in [0.25, 0.3) is 0 Å². The standard InChI is InChI=1S/C13H13BrN2OS/c1-8(9-2-3-9)16-5-10(6-17)13(15-16)12-4-11(14)7-18-12/h4-9H,2-3H2,1H3. The van der Waals surface area contributed by atoms with Crippen LogP contribution in [0.3, 0.4) is 0 Å². The Bertz CT molecular complexity index is 586. The van der Waals surface area contributed by atoms with E-state index < -0.39 is 0 Å². The molecule has 1 unspecified atom stereocenters. The number of carbonyl (C=O) groups is 1. The highest BCUT2D eigenvalue weighted by Crippen LogP contribution is 2.40. The molecule has 1 aliphatic carbocycles. The largest absolute Gasteiger partial charge is 0.298 e. The van der Waals surface area contributed by atoms with Crippen molar-refractivity contribution in [3.8, 4) is 10.6 Å². The van der Waals surface area contributed by atoms with Crippen molar-refractivity contribution in [3.63, 3.8) is 0 Å². The van der Waals surface area contributed by atoms with E-state index in [1.165, 1.54) is 12.8 Å². The third-order valence-corrected chi connectivity index (χ3v) is 5.11. The Balaban J connectivity index is 2.00. The average Bonchev–Trinajstić information content (AvgIpc) is 2.98. The van der Waals surface area contributed by atoms with Crippen molar-refractivity contribution in [2.75, 3.05) is 0 Å². The number of carbonyl (C=O) groups excluding carboxylic acids is 1. The highest BCUT2D eigenvalue weighted by Gasteiger charge is 2.30. The van der Waals surface area contributed by atoms with Crippen molar-refractivity contribution in [2.24, 2.45) is 5.92 Å². The molecule has 0 radical (unpaired) electrons. The van der Waals surface area contributed by atoms with E-state index in [0.717, 1.165) is 27.2 Å². The average molecular weight is 325 g/mol. The van der Waals surface area contributed by atoms with Gasteiger partial charge in [0.05, 0.1) is 16.5 Å². The summed E-state index contributed by atoms with van der Waals surface area (Å²) in [6, 6.07) is 2.40. The Kier molecular flexibility index (Phi) is 3.11. The zero-order chi connectivity index (χ0) is 12.7. The number of nitrogens with zero attached hydrogens (tertiary/aromatic N) is 2. The summed E-state index contributed by atoms with van der Waals surface area (Å²) in [6.07, 6.45) is 5.32. The zero-order valence-electron chi connectivity index (χ0n) is 9.97. The molecule has 1 atom stereocenters. The molecule has 2 aromatic rings. The molecule has 0 bridgehead atoms. The summed E-state index contributed by atoms with van der Waals surface area (Å²) in [6.45, 7) is 2.17. The predicted molar refractivity (Wildman–Crippen MR) is 76.1 cm³/mol. The second-order valence-electron chi connectivity index (χ2n) is 4.74. The van der Waals surface area contributed by atoms with E-state index in [-0.39, 0.29) is 0 Å². The van der Waals surface area contributed by atoms with E-state index in [1.54, 1.807) is 11.3 Å². The van der Waals surface area contributed by atoms with Crippen molar-refractivity contribution < 1.29 is 4.79 Å². The number of thiophene rings is 1. The van der Waals surface area contributed by atoms with Crippen molar-refractivity contribution in [1.82, 2.24) is 9.78 Å². The first-order chi connectivity index (χ1) is 8.69. The van der Waals surface area contributed by atoms with Gasteiger partial charge >= 0.3 is 0 Å². The topological polar surface area (TPSA) is 34.9 Å². The van der Waals surface area contributed by atoms with Gasteiger partial charge in [0, 0.05) is 16.0 Å². The lowest BCUT2D eigenvalue weighted by Gasteiger charge is -2.09. The van der Waals surface area contributed by atoms with Crippen molar-refractivity contribution >= 4 is 33.6 Å². The first-order valence-electron chi connectivity index (χ1n) is 5.98. The monoisotopic (exact) mass is 324 g/mol. The van der Waals surface area contributed by atoms with Crippen LogP contribution in [0.4, 0.5) is 0 Å². The lowest BCUT2D eigenvalue weighted by Crippen LogP contribution is -2.07. The molecule has 0 aliphatic heterocycles. The maximum atomic E-state index is 11.2. The van der Waals surface area contributed by atoms with E-state index in [1.807, 2.05) is 22.3 Å². The number of rotatable bonds is 4. The summed E-state index contributed by atoms with van der Waals surface area (Å²) in [5.41, 5.74) is 1.48. The second-order valence-corrected chi connectivity index (χ2v) is 6.57. The summed E-state index contributed by atoms with van der Waals surface area (Å²) < 4.78 is 2.98. The fourth-order valence-electron chi connectivity index (χ4n) is 2.12. The van der Waals surface area contributed by atoms with E-state index in [4.69, 9.17) is 0 Å². The molecule has 2 heterocycles. The van der Waals surface area contributed by atoms with Gasteiger partial charge in [-0.2, -0.15) is 5.10 Å². The number of aldehydes is 1. The second kappa shape index (κ2) is 4.63. The summed E-state index contributed by atoms with van der Waals surface area (Å²) in [4.78, 5) is 12.2. The summed E-state index contributed by atoms with van der Waals surface area (Å²) in [5, 5.41) is 6.61. The third kappa shape index (κ3) is 2.17. The Morgan fingerprint density at radius 2 is 2.39 bits per heavy atom. The molecule has 1 saturated carbocycles. The lowest BCUT2D eigenvalue weighted by atomic mass is 10.2. The van der Waals surface area contributed by atoms with Crippen molar-refractivity contribution in [3.05, 3.63) is 27.7 Å². The molecule has 94 valence electrons. The highest BCUT2D eigenvalue weighted by molar-refractivity contribution is 9.10. The van der Waals surface area contributed by atoms with E-state index in [2.05, 4.69) is 28.0 Å². The lowest BCUT2D eigenvalue weighted by molar-refractivity contribution is 0.112. The minimum absolute atomic E-state index is 0.390. The van der Waals surface area contributed by atoms with E-state index in [9.17, 15) is 4.79 Å². The van der Waals surface area contributed by atoms with Crippen LogP contribution < -0.4 is 0 Å². The first-order valence-corrected chi connectivity index (χ1v) is 7.65. The molecule has 3 nitrogen and oxygen atoms in total. The van der Waals surface area contributed by atoms with Gasteiger partial charge in [-0.25, -0.2) is 0 Å². The Labute approximate surface area is 118 Å². The SMILES string of the molecule is CC(C1CC1)n1cc(C=O)c(-c2cc(Br)cs2)n1. The molecule has 18 heavy (non-hydrogen) atoms. The van der Waals surface area contributed by atoms with Crippen LogP contribution in [0.15, 0.2) is 22.1 Å². The van der Waals surface area contributed by atoms with E-state index >= 15 is 0 Å². The van der Waals surface area contributed by atoms with Crippen LogP contribution in [0.5, 0.6) is 0 Å². The maximum absolute atomic E-state index is 11.2. The van der Waals surface area contributed by atoms with Crippen LogP contribution in [-0.4, -0.2) is 16.1 Å². The Morgan fingerprint density at radius 3 is 2.94 bits per heavy atom. The molecule has 3 rings (SSSR count). The molecule has 0 amide bonds. The van der Waals surface area contributed by atoms with Gasteiger partial charge in [-0.1, -0.05) is 0 Å². The van der Waals surface area contributed by atoms with Gasteiger partial charge in [0.15, 0.2) is 6.29 Å². The number of aromatic nitrogens is 2. The summed E-state index contributed by atoms with van der Waals surface area (Å²) >= 11 is 5.03. The summed E-state index contributed by atoms with van der Waals surface area (Å²) in [7, 11) is 0. The van der Waals surface area contributed by atoms with Crippen LogP contribution in [0.1, 0.15) is 36.2 Å². The predicted octanol–water partition coefficient (Wildman–Crippen LogP) is 4.16. The third-order valence-electron chi connectivity index (χ3n) is 3.41. The molecular formula is C13H13BrN2OS. The number of halogens is 1. The fraction of sp³-hybridized carbons (Fsp3) is 0.385. The molecule has 0 aromatic carbocycles. The molecule has 1 fully saturated rings. The van der Waals surface area contributed by atoms with Crippen molar-refractivity contribution in [2.45, 2.75) is 25.8 Å². The van der Waals surface area contributed by atoms with Gasteiger partial charge in [-0.05, 0) is 47.7 Å². The smallest absolute Gasteiger partial charge is 0.153 e. The normalized spacial score (nSPS) is 16.8. The van der Waals surface area contributed by atoms with Crippen LogP contribution in [-0.2, 0) is 0 Å². The molecule has 1 aliphatic rings. The van der Waals surface area contributed by atoms with Gasteiger partial charge in [-0.3, -0.25) is 9.48 Å². The van der Waals surface area contributed by atoms with Gasteiger partial charge in [0.1, 0.15) is 5.69 Å². The van der Waals surface area contributed by atoms with Gasteiger partial charge < -0.3 is 0 Å². The maximum Gasteiger partial charge on any atom is 0.153 e. The quantitative estimate of drug-likeness (QED) is 0.791. The number of hydrogen-bond donors (Lipinski definition) is 0. The molecular weight excluding hydrogens is 312 g/mol. The van der Waals surface area contributed by atoms with Gasteiger partial charge in [0.2, 0.25) is 0 Å². The van der Waals surface area contributed by atoms with Crippen LogP contribution >= 0.6 is 27.3 Å². The van der Waals surface area contributed by atoms with Crippen LogP contribution in [0.25, 0.3) is 10.6 Å². The molecule has 0 N–H and O–H groups in total. The highest BCUT2D eigenvalue weighted by atomic mass is 79.9. The minimum Gasteiger partial charge on any atom is -0.298 e. The number of hydrogen-bond acceptors (Lipinski definition) is 3. The van der Waals surface area contributed by atoms with Gasteiger partial charge in [-0.15, -0.1) is 11.3 Å².